The summed E-state index contributed by atoms with van der Waals surface area (Å²) in [6.07, 6.45) is 1.47. The number of halogens is 1. The van der Waals surface area contributed by atoms with Crippen LogP contribution in [0.1, 0.15) is 18.1 Å². The van der Waals surface area contributed by atoms with Gasteiger partial charge < -0.3 is 15.3 Å². The Labute approximate surface area is 163 Å². The molecule has 3 rings (SSSR count). The molecular weight excluding hydrogens is 359 g/mol. The van der Waals surface area contributed by atoms with Gasteiger partial charge in [-0.1, -0.05) is 12.1 Å². The highest BCUT2D eigenvalue weighted by atomic mass is 19.1. The van der Waals surface area contributed by atoms with Crippen molar-refractivity contribution in [3.63, 3.8) is 0 Å². The van der Waals surface area contributed by atoms with E-state index in [-0.39, 0.29) is 24.7 Å². The first-order chi connectivity index (χ1) is 13.5. The zero-order valence-corrected chi connectivity index (χ0v) is 15.5. The Morgan fingerprint density at radius 3 is 2.57 bits per heavy atom. The van der Waals surface area contributed by atoms with E-state index < -0.39 is 0 Å². The van der Waals surface area contributed by atoms with Gasteiger partial charge in [-0.15, -0.1) is 0 Å². The zero-order chi connectivity index (χ0) is 19.9. The number of carbonyl (C=O) groups excluding carboxylic acids is 1. The van der Waals surface area contributed by atoms with Gasteiger partial charge in [0.2, 0.25) is 11.6 Å². The van der Waals surface area contributed by atoms with E-state index in [0.717, 1.165) is 16.0 Å². The molecule has 0 saturated carbocycles. The molecular formula is C22H21FN2O3. The first kappa shape index (κ1) is 19.4. The molecule has 2 aromatic carbocycles. The Morgan fingerprint density at radius 1 is 1.11 bits per heavy atom. The van der Waals surface area contributed by atoms with Gasteiger partial charge in [0.05, 0.1) is 13.0 Å². The molecule has 0 bridgehead atoms. The predicted molar refractivity (Wildman–Crippen MR) is 104 cm³/mol. The number of hydrogen-bond donors (Lipinski definition) is 1. The van der Waals surface area contributed by atoms with Crippen LogP contribution in [0.25, 0.3) is 11.3 Å². The Hall–Kier alpha value is -3.41. The van der Waals surface area contributed by atoms with E-state index in [1.54, 1.807) is 24.3 Å². The van der Waals surface area contributed by atoms with Crippen molar-refractivity contribution in [2.75, 3.05) is 6.61 Å². The number of nitrogens with one attached hydrogen (secondary N) is 1. The quantitative estimate of drug-likeness (QED) is 0.505. The number of ether oxygens (including phenoxy) is 1. The summed E-state index contributed by atoms with van der Waals surface area (Å²) in [6.45, 7) is 2.72. The van der Waals surface area contributed by atoms with E-state index in [2.05, 4.69) is 5.32 Å². The van der Waals surface area contributed by atoms with Crippen molar-refractivity contribution >= 4 is 5.91 Å². The van der Waals surface area contributed by atoms with Gasteiger partial charge in [0.25, 0.3) is 0 Å². The number of rotatable bonds is 7. The van der Waals surface area contributed by atoms with E-state index in [0.29, 0.717) is 23.4 Å². The van der Waals surface area contributed by atoms with Crippen molar-refractivity contribution in [3.8, 4) is 17.0 Å². The lowest BCUT2D eigenvalue weighted by molar-refractivity contribution is -0.594. The average Bonchev–Trinajstić information content (AvgIpc) is 2.68. The molecule has 3 aromatic rings. The summed E-state index contributed by atoms with van der Waals surface area (Å²) in [5, 5.41) is 15.1. The fourth-order valence-corrected chi connectivity index (χ4v) is 2.83. The molecule has 144 valence electrons. The first-order valence-electron chi connectivity index (χ1n) is 9.01. The van der Waals surface area contributed by atoms with Gasteiger partial charge in [-0.25, -0.2) is 4.39 Å². The van der Waals surface area contributed by atoms with E-state index >= 15 is 0 Å². The first-order valence-corrected chi connectivity index (χ1v) is 9.01. The standard InChI is InChI=1S/C22H21FN2O3/c1-2-28-20-9-7-18(8-10-20)21-11-6-17(15-25(21)27)13-22(26)24-14-16-4-3-5-19(23)12-16/h3-12,15H,2,13-14H2,1H3,(H,24,26). The van der Waals surface area contributed by atoms with Crippen LogP contribution in [0.15, 0.2) is 66.9 Å². The van der Waals surface area contributed by atoms with E-state index in [4.69, 9.17) is 4.74 Å². The molecule has 0 saturated heterocycles. The molecule has 28 heavy (non-hydrogen) atoms. The summed E-state index contributed by atoms with van der Waals surface area (Å²) >= 11 is 0. The van der Waals surface area contributed by atoms with Gasteiger partial charge in [-0.2, -0.15) is 4.73 Å². The monoisotopic (exact) mass is 380 g/mol. The van der Waals surface area contributed by atoms with E-state index in [1.807, 2.05) is 31.2 Å². The number of pyridine rings is 1. The third-order valence-electron chi connectivity index (χ3n) is 4.18. The van der Waals surface area contributed by atoms with E-state index in [1.165, 1.54) is 18.3 Å². The molecule has 0 aliphatic carbocycles. The minimum Gasteiger partial charge on any atom is -0.618 e. The normalized spacial score (nSPS) is 10.5. The minimum absolute atomic E-state index is 0.0705. The Balaban J connectivity index is 1.62. The molecule has 0 atom stereocenters. The third-order valence-corrected chi connectivity index (χ3v) is 4.18. The maximum absolute atomic E-state index is 13.2. The Morgan fingerprint density at radius 2 is 1.89 bits per heavy atom. The summed E-state index contributed by atoms with van der Waals surface area (Å²) in [4.78, 5) is 12.1. The largest absolute Gasteiger partial charge is 0.618 e. The topological polar surface area (TPSA) is 65.3 Å². The van der Waals surface area contributed by atoms with Crippen LogP contribution < -0.4 is 14.8 Å². The smallest absolute Gasteiger partial charge is 0.224 e. The number of aromatic nitrogens is 1. The molecule has 1 heterocycles. The molecule has 0 unspecified atom stereocenters. The van der Waals surface area contributed by atoms with Crippen molar-refractivity contribution in [1.29, 1.82) is 0 Å². The Bertz CT molecular complexity index is 958. The highest BCUT2D eigenvalue weighted by molar-refractivity contribution is 5.78. The number of benzene rings is 2. The van der Waals surface area contributed by atoms with Gasteiger partial charge in [0.1, 0.15) is 11.6 Å². The lowest BCUT2D eigenvalue weighted by atomic mass is 10.1. The van der Waals surface area contributed by atoms with Crippen molar-refractivity contribution in [2.24, 2.45) is 0 Å². The van der Waals surface area contributed by atoms with Gasteiger partial charge in [-0.3, -0.25) is 4.79 Å². The minimum atomic E-state index is -0.343. The molecule has 6 heteroatoms. The summed E-state index contributed by atoms with van der Waals surface area (Å²) < 4.78 is 19.3. The highest BCUT2D eigenvalue weighted by Crippen LogP contribution is 2.20. The van der Waals surface area contributed by atoms with Crippen LogP contribution >= 0.6 is 0 Å². The van der Waals surface area contributed by atoms with Crippen LogP contribution in [0.4, 0.5) is 4.39 Å². The fraction of sp³-hybridized carbons (Fsp3) is 0.182. The molecule has 1 aromatic heterocycles. The number of nitrogens with zero attached hydrogens (tertiary/aromatic N) is 1. The van der Waals surface area contributed by atoms with Gasteiger partial charge in [-0.05, 0) is 55.0 Å². The number of hydrogen-bond acceptors (Lipinski definition) is 3. The Kier molecular flexibility index (Phi) is 6.22. The molecule has 0 spiro atoms. The maximum Gasteiger partial charge on any atom is 0.224 e. The second kappa shape index (κ2) is 8.99. The number of amides is 1. The fourth-order valence-electron chi connectivity index (χ4n) is 2.83. The van der Waals surface area contributed by atoms with Crippen molar-refractivity contribution < 1.29 is 18.7 Å². The van der Waals surface area contributed by atoms with Crippen molar-refractivity contribution in [3.05, 3.63) is 89.0 Å². The van der Waals surface area contributed by atoms with Crippen LogP contribution in [-0.4, -0.2) is 12.5 Å². The molecule has 0 aliphatic rings. The molecule has 1 amide bonds. The summed E-state index contributed by atoms with van der Waals surface area (Å²) in [7, 11) is 0. The van der Waals surface area contributed by atoms with Gasteiger partial charge >= 0.3 is 0 Å². The molecule has 0 fully saturated rings. The summed E-state index contributed by atoms with van der Waals surface area (Å²) in [6, 6.07) is 16.8. The molecule has 0 aliphatic heterocycles. The summed E-state index contributed by atoms with van der Waals surface area (Å²) in [5.74, 6) is 0.164. The van der Waals surface area contributed by atoms with Gasteiger partial charge in [0, 0.05) is 23.7 Å². The highest BCUT2D eigenvalue weighted by Gasteiger charge is 2.12. The molecule has 5 nitrogen and oxygen atoms in total. The van der Waals surface area contributed by atoms with Crippen LogP contribution in [0.2, 0.25) is 0 Å². The van der Waals surface area contributed by atoms with Crippen molar-refractivity contribution in [2.45, 2.75) is 19.9 Å². The second-order valence-corrected chi connectivity index (χ2v) is 6.29. The SMILES string of the molecule is CCOc1ccc(-c2ccc(CC(=O)NCc3cccc(F)c3)c[n+]2[O-])cc1. The molecule has 1 N–H and O–H groups in total. The van der Waals surface area contributed by atoms with Gasteiger partial charge in [0.15, 0.2) is 6.20 Å². The van der Waals surface area contributed by atoms with Crippen LogP contribution in [0.3, 0.4) is 0 Å². The van der Waals surface area contributed by atoms with Crippen LogP contribution in [0.5, 0.6) is 5.75 Å². The predicted octanol–water partition coefficient (Wildman–Crippen LogP) is 3.38. The van der Waals surface area contributed by atoms with Crippen molar-refractivity contribution in [1.82, 2.24) is 5.32 Å². The second-order valence-electron chi connectivity index (χ2n) is 6.29. The molecule has 0 radical (unpaired) electrons. The third kappa shape index (κ3) is 5.07. The lowest BCUT2D eigenvalue weighted by Gasteiger charge is -2.09. The van der Waals surface area contributed by atoms with E-state index in [9.17, 15) is 14.4 Å². The van der Waals surface area contributed by atoms with Crippen LogP contribution in [-0.2, 0) is 17.8 Å². The summed E-state index contributed by atoms with van der Waals surface area (Å²) in [5.41, 5.74) is 2.53. The number of carbonyl (C=O) groups is 1. The maximum atomic E-state index is 13.2. The zero-order valence-electron chi connectivity index (χ0n) is 15.5. The lowest BCUT2D eigenvalue weighted by Crippen LogP contribution is -2.31. The average molecular weight is 380 g/mol. The van der Waals surface area contributed by atoms with Crippen LogP contribution in [0, 0.1) is 11.0 Å².